The van der Waals surface area contributed by atoms with Gasteiger partial charge in [0.05, 0.1) is 11.6 Å². The molecule has 3 nitrogen and oxygen atoms in total. The molecule has 2 N–H and O–H groups in total. The van der Waals surface area contributed by atoms with Crippen LogP contribution < -0.4 is 5.32 Å². The van der Waals surface area contributed by atoms with Crippen LogP contribution in [0.5, 0.6) is 0 Å². The van der Waals surface area contributed by atoms with E-state index in [-0.39, 0.29) is 11.7 Å². The quantitative estimate of drug-likeness (QED) is 0.653. The number of carbonyl (C=O) groups is 1. The van der Waals surface area contributed by atoms with Crippen LogP contribution in [-0.4, -0.2) is 29.6 Å². The standard InChI is InChI=1S/C9H19NO2/c1-6(2)7(11)8(10-5)9(3,4)12/h6,8,10,12H,1-5H3/t8-/m1/s1. The van der Waals surface area contributed by atoms with E-state index in [9.17, 15) is 9.90 Å². The van der Waals surface area contributed by atoms with Crippen LogP contribution >= 0.6 is 0 Å². The van der Waals surface area contributed by atoms with Crippen molar-refractivity contribution in [2.45, 2.75) is 39.3 Å². The van der Waals surface area contributed by atoms with E-state index in [0.717, 1.165) is 0 Å². The summed E-state index contributed by atoms with van der Waals surface area (Å²) in [6, 6.07) is -0.475. The first-order valence-corrected chi connectivity index (χ1v) is 4.24. The first kappa shape index (κ1) is 11.6. The number of rotatable bonds is 4. The van der Waals surface area contributed by atoms with Crippen LogP contribution in [0.25, 0.3) is 0 Å². The van der Waals surface area contributed by atoms with E-state index < -0.39 is 11.6 Å². The summed E-state index contributed by atoms with van der Waals surface area (Å²) in [7, 11) is 1.68. The molecule has 0 aromatic heterocycles. The zero-order valence-electron chi connectivity index (χ0n) is 8.51. The molecule has 0 aromatic carbocycles. The van der Waals surface area contributed by atoms with E-state index >= 15 is 0 Å². The number of ketones is 1. The number of carbonyl (C=O) groups excluding carboxylic acids is 1. The molecule has 0 aliphatic carbocycles. The Balaban J connectivity index is 4.47. The number of hydrogen-bond acceptors (Lipinski definition) is 3. The third-order valence-electron chi connectivity index (χ3n) is 1.85. The van der Waals surface area contributed by atoms with Crippen molar-refractivity contribution < 1.29 is 9.90 Å². The summed E-state index contributed by atoms with van der Waals surface area (Å²) in [6.07, 6.45) is 0. The first-order chi connectivity index (χ1) is 5.30. The lowest BCUT2D eigenvalue weighted by Gasteiger charge is -2.28. The summed E-state index contributed by atoms with van der Waals surface area (Å²) >= 11 is 0. The molecule has 12 heavy (non-hydrogen) atoms. The highest BCUT2D eigenvalue weighted by molar-refractivity contribution is 5.86. The minimum Gasteiger partial charge on any atom is -0.388 e. The lowest BCUT2D eigenvalue weighted by atomic mass is 9.90. The van der Waals surface area contributed by atoms with Gasteiger partial charge in [0.15, 0.2) is 5.78 Å². The van der Waals surface area contributed by atoms with Crippen LogP contribution in [-0.2, 0) is 4.79 Å². The minimum absolute atomic E-state index is 0.0463. The van der Waals surface area contributed by atoms with Crippen LogP contribution in [0.3, 0.4) is 0 Å². The fourth-order valence-electron chi connectivity index (χ4n) is 1.18. The second-order valence-corrected chi connectivity index (χ2v) is 3.93. The molecule has 0 aromatic rings. The average molecular weight is 173 g/mol. The monoisotopic (exact) mass is 173 g/mol. The molecule has 3 heteroatoms. The summed E-state index contributed by atoms with van der Waals surface area (Å²) in [5.41, 5.74) is -0.990. The van der Waals surface area contributed by atoms with Gasteiger partial charge in [-0.3, -0.25) is 4.79 Å². The number of nitrogens with one attached hydrogen (secondary N) is 1. The molecular weight excluding hydrogens is 154 g/mol. The van der Waals surface area contributed by atoms with Crippen molar-refractivity contribution in [1.29, 1.82) is 0 Å². The molecule has 0 aliphatic rings. The third kappa shape index (κ3) is 2.91. The summed E-state index contributed by atoms with van der Waals surface area (Å²) in [4.78, 5) is 11.5. The van der Waals surface area contributed by atoms with Gasteiger partial charge in [-0.1, -0.05) is 13.8 Å². The van der Waals surface area contributed by atoms with E-state index in [0.29, 0.717) is 0 Å². The molecule has 0 unspecified atom stereocenters. The molecule has 0 amide bonds. The van der Waals surface area contributed by atoms with Crippen molar-refractivity contribution in [1.82, 2.24) is 5.32 Å². The van der Waals surface area contributed by atoms with Gasteiger partial charge in [-0.05, 0) is 20.9 Å². The van der Waals surface area contributed by atoms with Gasteiger partial charge in [-0.15, -0.1) is 0 Å². The Bertz CT molecular complexity index is 158. The second kappa shape index (κ2) is 4.01. The molecule has 0 spiro atoms. The minimum atomic E-state index is -0.990. The van der Waals surface area contributed by atoms with Gasteiger partial charge >= 0.3 is 0 Å². The van der Waals surface area contributed by atoms with Gasteiger partial charge in [-0.2, -0.15) is 0 Å². The number of likely N-dealkylation sites (N-methyl/N-ethyl adjacent to an activating group) is 1. The van der Waals surface area contributed by atoms with Crippen LogP contribution in [0.4, 0.5) is 0 Å². The smallest absolute Gasteiger partial charge is 0.155 e. The first-order valence-electron chi connectivity index (χ1n) is 4.24. The Morgan fingerprint density at radius 2 is 1.83 bits per heavy atom. The van der Waals surface area contributed by atoms with E-state index in [4.69, 9.17) is 0 Å². The molecule has 0 heterocycles. The summed E-state index contributed by atoms with van der Waals surface area (Å²) in [6.45, 7) is 6.93. The SMILES string of the molecule is CN[C@H](C(=O)C(C)C)C(C)(C)O. The van der Waals surface area contributed by atoms with Crippen molar-refractivity contribution in [2.24, 2.45) is 5.92 Å². The number of aliphatic hydroxyl groups is 1. The summed E-state index contributed by atoms with van der Waals surface area (Å²) in [5.74, 6) is -0.00104. The molecular formula is C9H19NO2. The normalized spacial score (nSPS) is 14.9. The highest BCUT2D eigenvalue weighted by Crippen LogP contribution is 2.12. The zero-order chi connectivity index (χ0) is 9.94. The van der Waals surface area contributed by atoms with Gasteiger partial charge in [0.1, 0.15) is 0 Å². The number of hydrogen-bond donors (Lipinski definition) is 2. The summed E-state index contributed by atoms with van der Waals surface area (Å²) in [5, 5.41) is 12.4. The molecule has 0 aliphatic heterocycles. The zero-order valence-corrected chi connectivity index (χ0v) is 8.51. The average Bonchev–Trinajstić information content (AvgIpc) is 1.85. The predicted octanol–water partition coefficient (Wildman–Crippen LogP) is 0.570. The molecule has 0 saturated carbocycles. The molecule has 0 radical (unpaired) electrons. The Labute approximate surface area is 74.2 Å². The fourth-order valence-corrected chi connectivity index (χ4v) is 1.18. The predicted molar refractivity (Wildman–Crippen MR) is 49.0 cm³/mol. The third-order valence-corrected chi connectivity index (χ3v) is 1.85. The fraction of sp³-hybridized carbons (Fsp3) is 0.889. The Morgan fingerprint density at radius 3 is 1.92 bits per heavy atom. The molecule has 0 saturated heterocycles. The highest BCUT2D eigenvalue weighted by Gasteiger charge is 2.32. The van der Waals surface area contributed by atoms with Crippen LogP contribution in [0.2, 0.25) is 0 Å². The van der Waals surface area contributed by atoms with Crippen molar-refractivity contribution in [3.8, 4) is 0 Å². The van der Waals surface area contributed by atoms with E-state index in [1.54, 1.807) is 20.9 Å². The second-order valence-electron chi connectivity index (χ2n) is 3.93. The largest absolute Gasteiger partial charge is 0.388 e. The van der Waals surface area contributed by atoms with Crippen molar-refractivity contribution >= 4 is 5.78 Å². The molecule has 1 atom stereocenters. The molecule has 0 fully saturated rings. The van der Waals surface area contributed by atoms with Crippen molar-refractivity contribution in [3.05, 3.63) is 0 Å². The van der Waals surface area contributed by atoms with Gasteiger partial charge in [0, 0.05) is 5.92 Å². The highest BCUT2D eigenvalue weighted by atomic mass is 16.3. The van der Waals surface area contributed by atoms with Crippen LogP contribution in [0.15, 0.2) is 0 Å². The molecule has 0 bridgehead atoms. The van der Waals surface area contributed by atoms with Gasteiger partial charge in [0.25, 0.3) is 0 Å². The Morgan fingerprint density at radius 1 is 1.42 bits per heavy atom. The topological polar surface area (TPSA) is 49.3 Å². The summed E-state index contributed by atoms with van der Waals surface area (Å²) < 4.78 is 0. The van der Waals surface area contributed by atoms with Crippen LogP contribution in [0.1, 0.15) is 27.7 Å². The van der Waals surface area contributed by atoms with Gasteiger partial charge in [-0.25, -0.2) is 0 Å². The van der Waals surface area contributed by atoms with Gasteiger partial charge in [0.2, 0.25) is 0 Å². The maximum atomic E-state index is 11.5. The van der Waals surface area contributed by atoms with E-state index in [1.807, 2.05) is 13.8 Å². The van der Waals surface area contributed by atoms with Crippen molar-refractivity contribution in [3.63, 3.8) is 0 Å². The maximum absolute atomic E-state index is 11.5. The maximum Gasteiger partial charge on any atom is 0.155 e. The van der Waals surface area contributed by atoms with Crippen LogP contribution in [0, 0.1) is 5.92 Å². The lowest BCUT2D eigenvalue weighted by Crippen LogP contribution is -2.52. The Kier molecular flexibility index (Phi) is 3.87. The Hall–Kier alpha value is -0.410. The molecule has 72 valence electrons. The van der Waals surface area contributed by atoms with E-state index in [2.05, 4.69) is 5.32 Å². The van der Waals surface area contributed by atoms with Crippen molar-refractivity contribution in [2.75, 3.05) is 7.05 Å². The number of Topliss-reactive ketones (excluding diaryl/α,β-unsaturated/α-hetero) is 1. The lowest BCUT2D eigenvalue weighted by molar-refractivity contribution is -0.129. The van der Waals surface area contributed by atoms with E-state index in [1.165, 1.54) is 0 Å². The van der Waals surface area contributed by atoms with Gasteiger partial charge < -0.3 is 10.4 Å². The molecule has 0 rings (SSSR count).